The van der Waals surface area contributed by atoms with Crippen LogP contribution in [0, 0.1) is 11.3 Å². The standard InChI is InChI=1S/C28H24Cl2N6O3/c29-28(30)11-9-27(10-12-28,25(38)35-26(15-31)7-8-26)34-24(37)23-14-20-2-1-19(13-22(20)39-23)18-3-5-21(6-4-18)36-17-32-16-33-36/h1-6,13-14,16-17H,7-12H2,(H,34,37)(H,35,38). The summed E-state index contributed by atoms with van der Waals surface area (Å²) in [7, 11) is 0. The molecule has 198 valence electrons. The summed E-state index contributed by atoms with van der Waals surface area (Å²) < 4.78 is 6.65. The Balaban J connectivity index is 1.23. The molecule has 2 aliphatic carbocycles. The molecule has 0 spiro atoms. The Hall–Kier alpha value is -3.87. The summed E-state index contributed by atoms with van der Waals surface area (Å²) in [6.07, 6.45) is 5.42. The number of nitrogens with zero attached hydrogens (tertiary/aromatic N) is 4. The van der Waals surface area contributed by atoms with Crippen LogP contribution >= 0.6 is 23.2 Å². The number of aromatic nitrogens is 3. The van der Waals surface area contributed by atoms with Crippen LogP contribution in [0.4, 0.5) is 0 Å². The van der Waals surface area contributed by atoms with Crippen molar-refractivity contribution in [3.63, 3.8) is 0 Å². The molecule has 0 atom stereocenters. The number of nitriles is 1. The highest BCUT2D eigenvalue weighted by molar-refractivity contribution is 6.48. The first kappa shape index (κ1) is 25.4. The van der Waals surface area contributed by atoms with Crippen LogP contribution in [0.15, 0.2) is 65.6 Å². The normalized spacial score (nSPS) is 18.7. The van der Waals surface area contributed by atoms with Crippen LogP contribution in [0.25, 0.3) is 27.8 Å². The second kappa shape index (κ2) is 9.40. The first-order chi connectivity index (χ1) is 18.7. The van der Waals surface area contributed by atoms with Crippen molar-refractivity contribution < 1.29 is 14.0 Å². The number of benzene rings is 2. The maximum atomic E-state index is 13.4. The lowest BCUT2D eigenvalue weighted by Crippen LogP contribution is -2.62. The van der Waals surface area contributed by atoms with Crippen LogP contribution in [-0.4, -0.2) is 42.0 Å². The van der Waals surface area contributed by atoms with E-state index in [0.29, 0.717) is 31.3 Å². The largest absolute Gasteiger partial charge is 0.451 e. The number of carbonyl (C=O) groups is 2. The molecular weight excluding hydrogens is 539 g/mol. The molecule has 0 unspecified atom stereocenters. The number of amides is 2. The van der Waals surface area contributed by atoms with Crippen LogP contribution in [-0.2, 0) is 4.79 Å². The van der Waals surface area contributed by atoms with Gasteiger partial charge in [-0.05, 0) is 73.9 Å². The van der Waals surface area contributed by atoms with Crippen LogP contribution in [0.5, 0.6) is 0 Å². The lowest BCUT2D eigenvalue weighted by molar-refractivity contribution is -0.129. The Morgan fingerprint density at radius 2 is 1.67 bits per heavy atom. The fourth-order valence-electron chi connectivity index (χ4n) is 4.93. The average molecular weight is 563 g/mol. The Kier molecular flexibility index (Phi) is 6.12. The van der Waals surface area contributed by atoms with Gasteiger partial charge >= 0.3 is 0 Å². The molecule has 2 heterocycles. The van der Waals surface area contributed by atoms with E-state index in [1.54, 1.807) is 17.1 Å². The molecule has 0 aliphatic heterocycles. The van der Waals surface area contributed by atoms with Gasteiger partial charge in [-0.15, -0.1) is 23.2 Å². The maximum absolute atomic E-state index is 13.4. The van der Waals surface area contributed by atoms with Gasteiger partial charge in [0.05, 0.1) is 11.8 Å². The molecule has 2 N–H and O–H groups in total. The van der Waals surface area contributed by atoms with Crippen LogP contribution in [0.2, 0.25) is 0 Å². The van der Waals surface area contributed by atoms with E-state index in [2.05, 4.69) is 26.8 Å². The highest BCUT2D eigenvalue weighted by Crippen LogP contribution is 2.43. The molecule has 2 aromatic heterocycles. The van der Waals surface area contributed by atoms with Gasteiger partial charge in [-0.1, -0.05) is 24.3 Å². The molecule has 0 bridgehead atoms. The number of alkyl halides is 2. The SMILES string of the molecule is N#CC1(NC(=O)C2(NC(=O)c3cc4ccc(-c5ccc(-n6cncn6)cc5)cc4o3)CCC(Cl)(Cl)CC2)CC1. The van der Waals surface area contributed by atoms with Gasteiger partial charge in [0.1, 0.15) is 33.6 Å². The van der Waals surface area contributed by atoms with Gasteiger partial charge in [-0.3, -0.25) is 9.59 Å². The highest BCUT2D eigenvalue weighted by atomic mass is 35.5. The van der Waals surface area contributed by atoms with Gasteiger partial charge in [-0.2, -0.15) is 10.4 Å². The number of nitrogens with one attached hydrogen (secondary N) is 2. The molecule has 2 amide bonds. The molecule has 0 radical (unpaired) electrons. The zero-order valence-electron chi connectivity index (χ0n) is 20.8. The summed E-state index contributed by atoms with van der Waals surface area (Å²) in [6.45, 7) is 0. The van der Waals surface area contributed by atoms with E-state index < -0.39 is 27.2 Å². The highest BCUT2D eigenvalue weighted by Gasteiger charge is 2.52. The van der Waals surface area contributed by atoms with E-state index in [9.17, 15) is 14.9 Å². The number of hydrogen-bond acceptors (Lipinski definition) is 6. The van der Waals surface area contributed by atoms with Crippen molar-refractivity contribution in [1.82, 2.24) is 25.4 Å². The number of furan rings is 1. The lowest BCUT2D eigenvalue weighted by Gasteiger charge is -2.40. The van der Waals surface area contributed by atoms with Gasteiger partial charge in [0.15, 0.2) is 5.76 Å². The molecule has 0 saturated heterocycles. The minimum atomic E-state index is -1.24. The third-order valence-corrected chi connectivity index (χ3v) is 8.32. The first-order valence-corrected chi connectivity index (χ1v) is 13.4. The van der Waals surface area contributed by atoms with Crippen molar-refractivity contribution in [2.24, 2.45) is 0 Å². The zero-order valence-corrected chi connectivity index (χ0v) is 22.3. The van der Waals surface area contributed by atoms with Crippen molar-refractivity contribution in [2.45, 2.75) is 53.9 Å². The molecule has 2 saturated carbocycles. The summed E-state index contributed by atoms with van der Waals surface area (Å²) in [4.78, 5) is 30.7. The van der Waals surface area contributed by atoms with Crippen LogP contribution < -0.4 is 10.6 Å². The third-order valence-electron chi connectivity index (χ3n) is 7.57. The molecule has 2 fully saturated rings. The number of rotatable bonds is 6. The van der Waals surface area contributed by atoms with Crippen molar-refractivity contribution in [2.75, 3.05) is 0 Å². The van der Waals surface area contributed by atoms with Crippen molar-refractivity contribution >= 4 is 46.0 Å². The maximum Gasteiger partial charge on any atom is 0.287 e. The summed E-state index contributed by atoms with van der Waals surface area (Å²) in [5.41, 5.74) is 1.21. The van der Waals surface area contributed by atoms with Crippen LogP contribution in [0.3, 0.4) is 0 Å². The Morgan fingerprint density at radius 1 is 0.949 bits per heavy atom. The van der Waals surface area contributed by atoms with E-state index in [1.807, 2.05) is 42.5 Å². The fraction of sp³-hybridized carbons (Fsp3) is 0.321. The van der Waals surface area contributed by atoms with Gasteiger partial charge in [0, 0.05) is 5.39 Å². The number of hydrogen-bond donors (Lipinski definition) is 2. The monoisotopic (exact) mass is 562 g/mol. The second-order valence-corrected chi connectivity index (χ2v) is 11.9. The minimum Gasteiger partial charge on any atom is -0.451 e. The number of carbonyl (C=O) groups excluding carboxylic acids is 2. The summed E-state index contributed by atoms with van der Waals surface area (Å²) in [6, 6.07) is 17.4. The number of fused-ring (bicyclic) bond motifs is 1. The summed E-state index contributed by atoms with van der Waals surface area (Å²) in [5.74, 6) is -0.823. The lowest BCUT2D eigenvalue weighted by atomic mass is 9.80. The quantitative estimate of drug-likeness (QED) is 0.316. The van der Waals surface area contributed by atoms with E-state index in [-0.39, 0.29) is 18.6 Å². The first-order valence-electron chi connectivity index (χ1n) is 12.6. The Morgan fingerprint density at radius 3 is 2.31 bits per heavy atom. The van der Waals surface area contributed by atoms with E-state index in [4.69, 9.17) is 27.6 Å². The van der Waals surface area contributed by atoms with E-state index in [0.717, 1.165) is 22.2 Å². The van der Waals surface area contributed by atoms with Crippen LogP contribution in [0.1, 0.15) is 49.1 Å². The van der Waals surface area contributed by atoms with Crippen molar-refractivity contribution in [3.05, 3.63) is 66.9 Å². The van der Waals surface area contributed by atoms with E-state index >= 15 is 0 Å². The predicted octanol–water partition coefficient (Wildman–Crippen LogP) is 5.07. The smallest absolute Gasteiger partial charge is 0.287 e. The van der Waals surface area contributed by atoms with Gasteiger partial charge in [0.2, 0.25) is 5.91 Å². The van der Waals surface area contributed by atoms with Gasteiger partial charge < -0.3 is 15.1 Å². The Labute approximate surface area is 234 Å². The minimum absolute atomic E-state index is 0.0888. The second-order valence-electron chi connectivity index (χ2n) is 10.3. The molecule has 9 nitrogen and oxygen atoms in total. The Bertz CT molecular complexity index is 1590. The number of halogens is 2. The summed E-state index contributed by atoms with van der Waals surface area (Å²) in [5, 5.41) is 20.1. The zero-order chi connectivity index (χ0) is 27.3. The molecular formula is C28H24Cl2N6O3. The average Bonchev–Trinajstić information content (AvgIpc) is 3.30. The third kappa shape index (κ3) is 4.98. The molecule has 6 rings (SSSR count). The molecule has 11 heteroatoms. The topological polar surface area (TPSA) is 126 Å². The van der Waals surface area contributed by atoms with E-state index in [1.165, 1.54) is 6.33 Å². The van der Waals surface area contributed by atoms with Gasteiger partial charge in [-0.25, -0.2) is 9.67 Å². The molecule has 2 aliphatic rings. The predicted molar refractivity (Wildman–Crippen MR) is 145 cm³/mol. The fourth-order valence-corrected chi connectivity index (χ4v) is 5.31. The molecule has 4 aromatic rings. The molecule has 2 aromatic carbocycles. The van der Waals surface area contributed by atoms with Crippen molar-refractivity contribution in [1.29, 1.82) is 5.26 Å². The van der Waals surface area contributed by atoms with Crippen molar-refractivity contribution in [3.8, 4) is 22.9 Å². The summed E-state index contributed by atoms with van der Waals surface area (Å²) >= 11 is 12.7. The molecule has 39 heavy (non-hydrogen) atoms. The van der Waals surface area contributed by atoms with Gasteiger partial charge in [0.25, 0.3) is 5.91 Å².